The number of anilines is 1. The normalized spacial score (nSPS) is 13.1. The van der Waals surface area contributed by atoms with Gasteiger partial charge in [-0.1, -0.05) is 12.1 Å². The van der Waals surface area contributed by atoms with E-state index in [-0.39, 0.29) is 5.91 Å². The van der Waals surface area contributed by atoms with Crippen LogP contribution >= 0.6 is 0 Å². The SMILES string of the molecule is CC(=O)NN1C=COc2ccccc21. The van der Waals surface area contributed by atoms with Gasteiger partial charge < -0.3 is 4.74 Å². The smallest absolute Gasteiger partial charge is 0.235 e. The van der Waals surface area contributed by atoms with Crippen LogP contribution in [-0.2, 0) is 4.79 Å². The maximum absolute atomic E-state index is 10.9. The molecule has 0 bridgehead atoms. The molecule has 0 atom stereocenters. The van der Waals surface area contributed by atoms with Crippen molar-refractivity contribution in [3.05, 3.63) is 36.7 Å². The molecule has 1 aromatic carbocycles. The summed E-state index contributed by atoms with van der Waals surface area (Å²) in [5, 5.41) is 1.63. The molecule has 2 rings (SSSR count). The molecule has 0 spiro atoms. The molecule has 0 saturated carbocycles. The highest BCUT2D eigenvalue weighted by atomic mass is 16.5. The highest BCUT2D eigenvalue weighted by molar-refractivity contribution is 5.77. The van der Waals surface area contributed by atoms with Crippen LogP contribution in [0.4, 0.5) is 5.69 Å². The molecular weight excluding hydrogens is 180 g/mol. The van der Waals surface area contributed by atoms with Crippen LogP contribution in [0.5, 0.6) is 5.75 Å². The van der Waals surface area contributed by atoms with E-state index in [1.807, 2.05) is 24.3 Å². The van der Waals surface area contributed by atoms with E-state index in [9.17, 15) is 4.79 Å². The first kappa shape index (κ1) is 8.62. The maximum atomic E-state index is 10.9. The average Bonchev–Trinajstić information content (AvgIpc) is 2.18. The number of hydrogen-bond donors (Lipinski definition) is 1. The van der Waals surface area contributed by atoms with Crippen LogP contribution in [0.3, 0.4) is 0 Å². The van der Waals surface area contributed by atoms with Gasteiger partial charge in [0.1, 0.15) is 11.9 Å². The molecule has 0 saturated heterocycles. The summed E-state index contributed by atoms with van der Waals surface area (Å²) in [5.41, 5.74) is 3.49. The number of fused-ring (bicyclic) bond motifs is 1. The van der Waals surface area contributed by atoms with E-state index in [0.717, 1.165) is 11.4 Å². The van der Waals surface area contributed by atoms with Gasteiger partial charge in [-0.2, -0.15) is 0 Å². The minimum atomic E-state index is -0.119. The first-order valence-corrected chi connectivity index (χ1v) is 4.26. The molecule has 0 radical (unpaired) electrons. The molecule has 0 unspecified atom stereocenters. The van der Waals surface area contributed by atoms with Gasteiger partial charge in [0, 0.05) is 6.92 Å². The first-order chi connectivity index (χ1) is 6.77. The highest BCUT2D eigenvalue weighted by Gasteiger charge is 2.13. The van der Waals surface area contributed by atoms with E-state index in [2.05, 4.69) is 5.43 Å². The van der Waals surface area contributed by atoms with Crippen molar-refractivity contribution in [1.29, 1.82) is 0 Å². The van der Waals surface area contributed by atoms with E-state index in [1.165, 1.54) is 13.2 Å². The molecule has 1 heterocycles. The third-order valence-electron chi connectivity index (χ3n) is 1.81. The van der Waals surface area contributed by atoms with Crippen molar-refractivity contribution < 1.29 is 9.53 Å². The lowest BCUT2D eigenvalue weighted by molar-refractivity contribution is -0.119. The number of para-hydroxylation sites is 2. The van der Waals surface area contributed by atoms with Crippen molar-refractivity contribution in [3.8, 4) is 5.75 Å². The quantitative estimate of drug-likeness (QED) is 0.728. The number of nitrogens with one attached hydrogen (secondary N) is 1. The largest absolute Gasteiger partial charge is 0.461 e. The Morgan fingerprint density at radius 1 is 1.43 bits per heavy atom. The fourth-order valence-corrected chi connectivity index (χ4v) is 1.27. The predicted octanol–water partition coefficient (Wildman–Crippen LogP) is 1.41. The molecule has 4 heteroatoms. The molecule has 14 heavy (non-hydrogen) atoms. The number of carbonyl (C=O) groups excluding carboxylic acids is 1. The summed E-state index contributed by atoms with van der Waals surface area (Å²) in [6, 6.07) is 7.47. The second kappa shape index (κ2) is 3.41. The Balaban J connectivity index is 2.31. The molecule has 1 aliphatic heterocycles. The Hall–Kier alpha value is -1.97. The van der Waals surface area contributed by atoms with E-state index in [0.29, 0.717) is 0 Å². The van der Waals surface area contributed by atoms with Crippen molar-refractivity contribution >= 4 is 11.6 Å². The van der Waals surface area contributed by atoms with E-state index in [1.54, 1.807) is 11.2 Å². The molecule has 4 nitrogen and oxygen atoms in total. The topological polar surface area (TPSA) is 41.6 Å². The Morgan fingerprint density at radius 2 is 2.21 bits per heavy atom. The van der Waals surface area contributed by atoms with Crippen molar-refractivity contribution in [2.24, 2.45) is 0 Å². The zero-order valence-electron chi connectivity index (χ0n) is 7.73. The summed E-state index contributed by atoms with van der Waals surface area (Å²) in [5.74, 6) is 0.607. The molecule has 0 aromatic heterocycles. The van der Waals surface area contributed by atoms with E-state index >= 15 is 0 Å². The summed E-state index contributed by atoms with van der Waals surface area (Å²) >= 11 is 0. The summed E-state index contributed by atoms with van der Waals surface area (Å²) in [6.45, 7) is 1.46. The summed E-state index contributed by atoms with van der Waals surface area (Å²) in [4.78, 5) is 10.9. The third kappa shape index (κ3) is 1.54. The standard InChI is InChI=1S/C10H10N2O2/c1-8(13)11-12-6-7-14-10-5-3-2-4-9(10)12/h2-7H,1H3,(H,11,13). The van der Waals surface area contributed by atoms with Gasteiger partial charge >= 0.3 is 0 Å². The number of ether oxygens (including phenoxy) is 1. The van der Waals surface area contributed by atoms with Crippen molar-refractivity contribution in [2.45, 2.75) is 6.92 Å². The van der Waals surface area contributed by atoms with E-state index in [4.69, 9.17) is 4.74 Å². The van der Waals surface area contributed by atoms with Gasteiger partial charge in [-0.05, 0) is 12.1 Å². The van der Waals surface area contributed by atoms with Crippen LogP contribution in [0.1, 0.15) is 6.92 Å². The third-order valence-corrected chi connectivity index (χ3v) is 1.81. The lowest BCUT2D eigenvalue weighted by atomic mass is 10.3. The maximum Gasteiger partial charge on any atom is 0.235 e. The van der Waals surface area contributed by atoms with Crippen LogP contribution < -0.4 is 15.2 Å². The predicted molar refractivity (Wildman–Crippen MR) is 52.5 cm³/mol. The number of amides is 1. The zero-order chi connectivity index (χ0) is 9.97. The molecule has 72 valence electrons. The highest BCUT2D eigenvalue weighted by Crippen LogP contribution is 2.29. The molecule has 0 fully saturated rings. The van der Waals surface area contributed by atoms with Gasteiger partial charge in [-0.25, -0.2) is 0 Å². The average molecular weight is 190 g/mol. The number of hydrazine groups is 1. The molecule has 1 N–H and O–H groups in total. The lowest BCUT2D eigenvalue weighted by Crippen LogP contribution is -2.38. The molecular formula is C10H10N2O2. The fourth-order valence-electron chi connectivity index (χ4n) is 1.27. The molecule has 1 aromatic rings. The van der Waals surface area contributed by atoms with Crippen LogP contribution in [-0.4, -0.2) is 5.91 Å². The number of benzene rings is 1. The number of carbonyl (C=O) groups is 1. The molecule has 1 amide bonds. The summed E-state index contributed by atoms with van der Waals surface area (Å²) in [6.07, 6.45) is 3.18. The van der Waals surface area contributed by atoms with Gasteiger partial charge in [0.15, 0.2) is 5.75 Å². The van der Waals surface area contributed by atoms with Crippen molar-refractivity contribution in [2.75, 3.05) is 5.01 Å². The van der Waals surface area contributed by atoms with E-state index < -0.39 is 0 Å². The van der Waals surface area contributed by atoms with Gasteiger partial charge in [0.05, 0.1) is 6.20 Å². The van der Waals surface area contributed by atoms with Crippen molar-refractivity contribution in [3.63, 3.8) is 0 Å². The number of hydrogen-bond acceptors (Lipinski definition) is 3. The minimum Gasteiger partial charge on any atom is -0.461 e. The molecule has 1 aliphatic rings. The Bertz CT molecular complexity index is 387. The molecule has 0 aliphatic carbocycles. The Kier molecular flexibility index (Phi) is 2.10. The Labute approximate surface area is 81.8 Å². The number of nitrogens with zero attached hydrogens (tertiary/aromatic N) is 1. The second-order valence-corrected chi connectivity index (χ2v) is 2.91. The van der Waals surface area contributed by atoms with Crippen LogP contribution in [0.15, 0.2) is 36.7 Å². The van der Waals surface area contributed by atoms with Gasteiger partial charge in [-0.3, -0.25) is 15.2 Å². The zero-order valence-corrected chi connectivity index (χ0v) is 7.73. The Morgan fingerprint density at radius 3 is 3.00 bits per heavy atom. The van der Waals surface area contributed by atoms with Gasteiger partial charge in [0.2, 0.25) is 5.91 Å². The second-order valence-electron chi connectivity index (χ2n) is 2.91. The monoisotopic (exact) mass is 190 g/mol. The first-order valence-electron chi connectivity index (χ1n) is 4.26. The summed E-state index contributed by atoms with van der Waals surface area (Å²) in [7, 11) is 0. The minimum absolute atomic E-state index is 0.119. The van der Waals surface area contributed by atoms with Crippen molar-refractivity contribution in [1.82, 2.24) is 5.43 Å². The summed E-state index contributed by atoms with van der Waals surface area (Å²) < 4.78 is 5.26. The fraction of sp³-hybridized carbons (Fsp3) is 0.100. The van der Waals surface area contributed by atoms with Gasteiger partial charge in [0.25, 0.3) is 0 Å². The number of rotatable bonds is 1. The van der Waals surface area contributed by atoms with Crippen LogP contribution in [0.2, 0.25) is 0 Å². The van der Waals surface area contributed by atoms with Crippen LogP contribution in [0.25, 0.3) is 0 Å². The lowest BCUT2D eigenvalue weighted by Gasteiger charge is -2.25. The van der Waals surface area contributed by atoms with Gasteiger partial charge in [-0.15, -0.1) is 0 Å². The van der Waals surface area contributed by atoms with Crippen LogP contribution in [0, 0.1) is 0 Å².